The van der Waals surface area contributed by atoms with E-state index in [1.54, 1.807) is 0 Å². The van der Waals surface area contributed by atoms with Gasteiger partial charge in [-0.15, -0.1) is 0 Å². The zero-order valence-electron chi connectivity index (χ0n) is 12.9. The molecule has 1 aromatic carbocycles. The van der Waals surface area contributed by atoms with Crippen LogP contribution in [0.15, 0.2) is 18.2 Å². The van der Waals surface area contributed by atoms with Gasteiger partial charge in [-0.2, -0.15) is 13.2 Å². The first kappa shape index (κ1) is 18.5. The van der Waals surface area contributed by atoms with Gasteiger partial charge in [0.2, 0.25) is 11.8 Å². The highest BCUT2D eigenvalue weighted by Gasteiger charge is 2.33. The lowest BCUT2D eigenvalue weighted by Gasteiger charge is -2.11. The van der Waals surface area contributed by atoms with Crippen LogP contribution in [-0.4, -0.2) is 23.3 Å². The zero-order chi connectivity index (χ0) is 18.6. The van der Waals surface area contributed by atoms with Crippen LogP contribution < -0.4 is 16.2 Å². The van der Waals surface area contributed by atoms with Crippen LogP contribution in [0.2, 0.25) is 0 Å². The van der Waals surface area contributed by atoms with E-state index in [4.69, 9.17) is 0 Å². The average Bonchev–Trinajstić information content (AvgIpc) is 3.36. The third-order valence-electron chi connectivity index (χ3n) is 3.46. The minimum Gasteiger partial charge on any atom is -0.379 e. The minimum atomic E-state index is -4.69. The molecule has 0 unspecified atom stereocenters. The summed E-state index contributed by atoms with van der Waals surface area (Å²) in [4.78, 5) is 32.8. The van der Waals surface area contributed by atoms with Crippen molar-refractivity contribution in [3.05, 3.63) is 33.9 Å². The van der Waals surface area contributed by atoms with Crippen LogP contribution in [0.1, 0.15) is 24.8 Å². The van der Waals surface area contributed by atoms with Crippen molar-refractivity contribution >= 4 is 23.2 Å². The molecular weight excluding hydrogens is 345 g/mol. The van der Waals surface area contributed by atoms with E-state index in [9.17, 15) is 32.9 Å². The zero-order valence-corrected chi connectivity index (χ0v) is 12.9. The molecular formula is C14H15F3N4O4. The highest BCUT2D eigenvalue weighted by molar-refractivity contribution is 5.84. The number of carbonyl (C=O) groups excluding carboxylic acids is 2. The molecule has 0 aromatic heterocycles. The number of alkyl halides is 3. The number of nitro benzene ring substituents is 1. The number of hydrogen-bond donors (Lipinski definition) is 3. The van der Waals surface area contributed by atoms with Crippen molar-refractivity contribution in [3.63, 3.8) is 0 Å². The number of nitrogens with zero attached hydrogens (tertiary/aromatic N) is 1. The highest BCUT2D eigenvalue weighted by atomic mass is 19.4. The monoisotopic (exact) mass is 360 g/mol. The Bertz CT molecular complexity index is 689. The molecule has 0 atom stereocenters. The fourth-order valence-corrected chi connectivity index (χ4v) is 1.96. The van der Waals surface area contributed by atoms with E-state index in [0.717, 1.165) is 18.9 Å². The molecule has 2 rings (SSSR count). The Hall–Kier alpha value is -2.85. The van der Waals surface area contributed by atoms with Crippen molar-refractivity contribution in [1.82, 2.24) is 10.9 Å². The molecule has 0 heterocycles. The Morgan fingerprint density at radius 3 is 2.48 bits per heavy atom. The van der Waals surface area contributed by atoms with Gasteiger partial charge in [-0.05, 0) is 25.0 Å². The lowest BCUT2D eigenvalue weighted by atomic mass is 10.1. The van der Waals surface area contributed by atoms with Crippen LogP contribution in [-0.2, 0) is 15.8 Å². The van der Waals surface area contributed by atoms with Crippen LogP contribution in [0.5, 0.6) is 0 Å². The number of nitrogens with one attached hydrogen (secondary N) is 3. The molecule has 0 aliphatic heterocycles. The Labute approximate surface area is 139 Å². The number of amides is 2. The summed E-state index contributed by atoms with van der Waals surface area (Å²) in [7, 11) is 0. The van der Waals surface area contributed by atoms with Crippen LogP contribution in [0.25, 0.3) is 0 Å². The van der Waals surface area contributed by atoms with E-state index in [2.05, 4.69) is 16.2 Å². The summed E-state index contributed by atoms with van der Waals surface area (Å²) < 4.78 is 37.8. The lowest BCUT2D eigenvalue weighted by molar-refractivity contribution is -0.384. The summed E-state index contributed by atoms with van der Waals surface area (Å²) in [6, 6.07) is 2.08. The molecule has 0 radical (unpaired) electrons. The van der Waals surface area contributed by atoms with Crippen molar-refractivity contribution in [2.24, 2.45) is 5.92 Å². The first-order chi connectivity index (χ1) is 11.7. The van der Waals surface area contributed by atoms with Gasteiger partial charge in [0, 0.05) is 24.9 Å². The summed E-state index contributed by atoms with van der Waals surface area (Å²) in [5, 5.41) is 13.5. The normalized spacial score (nSPS) is 13.9. The Balaban J connectivity index is 1.88. The van der Waals surface area contributed by atoms with E-state index >= 15 is 0 Å². The largest absolute Gasteiger partial charge is 0.416 e. The molecule has 136 valence electrons. The van der Waals surface area contributed by atoms with Crippen molar-refractivity contribution in [1.29, 1.82) is 0 Å². The van der Waals surface area contributed by atoms with Crippen molar-refractivity contribution in [2.45, 2.75) is 25.4 Å². The fourth-order valence-electron chi connectivity index (χ4n) is 1.96. The summed E-state index contributed by atoms with van der Waals surface area (Å²) in [5.41, 5.74) is 2.44. The summed E-state index contributed by atoms with van der Waals surface area (Å²) >= 11 is 0. The van der Waals surface area contributed by atoms with Crippen LogP contribution >= 0.6 is 0 Å². The van der Waals surface area contributed by atoms with Gasteiger partial charge in [-0.1, -0.05) is 0 Å². The molecule has 0 bridgehead atoms. The molecule has 2 amide bonds. The lowest BCUT2D eigenvalue weighted by Crippen LogP contribution is -2.42. The molecule has 1 aliphatic carbocycles. The SMILES string of the molecule is O=C(CCNc1ccc(C(F)(F)F)cc1[N+](=O)[O-])NNC(=O)C1CC1. The first-order valence-corrected chi connectivity index (χ1v) is 7.36. The van der Waals surface area contributed by atoms with Crippen LogP contribution in [0.3, 0.4) is 0 Å². The number of nitro groups is 1. The second-order valence-electron chi connectivity index (χ2n) is 5.48. The quantitative estimate of drug-likeness (QED) is 0.530. The Kier molecular flexibility index (Phi) is 5.45. The van der Waals surface area contributed by atoms with Crippen molar-refractivity contribution < 1.29 is 27.7 Å². The summed E-state index contributed by atoms with van der Waals surface area (Å²) in [6.45, 7) is -0.0582. The summed E-state index contributed by atoms with van der Waals surface area (Å²) in [5.74, 6) is -0.885. The predicted molar refractivity (Wildman–Crippen MR) is 80.2 cm³/mol. The Morgan fingerprint density at radius 2 is 1.92 bits per heavy atom. The second-order valence-corrected chi connectivity index (χ2v) is 5.48. The van der Waals surface area contributed by atoms with Crippen molar-refractivity contribution in [2.75, 3.05) is 11.9 Å². The number of halogens is 3. The predicted octanol–water partition coefficient (Wildman–Crippen LogP) is 1.97. The van der Waals surface area contributed by atoms with E-state index in [-0.39, 0.29) is 30.5 Å². The first-order valence-electron chi connectivity index (χ1n) is 7.36. The second kappa shape index (κ2) is 7.36. The van der Waals surface area contributed by atoms with Gasteiger partial charge in [-0.25, -0.2) is 0 Å². The topological polar surface area (TPSA) is 113 Å². The van der Waals surface area contributed by atoms with Crippen molar-refractivity contribution in [3.8, 4) is 0 Å². The standard InChI is InChI=1S/C14H15F3N4O4/c15-14(16,17)9-3-4-10(11(7-9)21(24)25)18-6-5-12(22)19-20-13(23)8-1-2-8/h3-4,7-8,18H,1-2,5-6H2,(H,19,22)(H,20,23). The maximum atomic E-state index is 12.6. The van der Waals surface area contributed by atoms with Crippen LogP contribution in [0.4, 0.5) is 24.5 Å². The van der Waals surface area contributed by atoms with Gasteiger partial charge in [0.05, 0.1) is 10.5 Å². The molecule has 1 aliphatic rings. The molecule has 8 nitrogen and oxygen atoms in total. The van der Waals surface area contributed by atoms with E-state index in [1.165, 1.54) is 0 Å². The van der Waals surface area contributed by atoms with Gasteiger partial charge >= 0.3 is 6.18 Å². The minimum absolute atomic E-state index is 0.0582. The molecule has 25 heavy (non-hydrogen) atoms. The van der Waals surface area contributed by atoms with E-state index in [0.29, 0.717) is 12.1 Å². The molecule has 0 saturated heterocycles. The smallest absolute Gasteiger partial charge is 0.379 e. The van der Waals surface area contributed by atoms with E-state index in [1.807, 2.05) is 0 Å². The summed E-state index contributed by atoms with van der Waals surface area (Å²) in [6.07, 6.45) is -3.27. The number of hydrazine groups is 1. The molecule has 0 spiro atoms. The third kappa shape index (κ3) is 5.33. The number of carbonyl (C=O) groups is 2. The average molecular weight is 360 g/mol. The number of rotatable bonds is 6. The molecule has 3 N–H and O–H groups in total. The highest BCUT2D eigenvalue weighted by Crippen LogP contribution is 2.34. The number of hydrogen-bond acceptors (Lipinski definition) is 5. The van der Waals surface area contributed by atoms with Gasteiger partial charge in [0.25, 0.3) is 5.69 Å². The molecule has 1 fully saturated rings. The van der Waals surface area contributed by atoms with Gasteiger partial charge < -0.3 is 5.32 Å². The maximum Gasteiger partial charge on any atom is 0.416 e. The van der Waals surface area contributed by atoms with E-state index < -0.39 is 28.3 Å². The molecule has 1 saturated carbocycles. The van der Waals surface area contributed by atoms with Gasteiger partial charge in [0.15, 0.2) is 0 Å². The van der Waals surface area contributed by atoms with Crippen LogP contribution in [0, 0.1) is 16.0 Å². The van der Waals surface area contributed by atoms with Gasteiger partial charge in [0.1, 0.15) is 5.69 Å². The third-order valence-corrected chi connectivity index (χ3v) is 3.46. The van der Waals surface area contributed by atoms with Gasteiger partial charge in [-0.3, -0.25) is 30.6 Å². The molecule has 11 heteroatoms. The number of benzene rings is 1. The maximum absolute atomic E-state index is 12.6. The Morgan fingerprint density at radius 1 is 1.24 bits per heavy atom. The fraction of sp³-hybridized carbons (Fsp3) is 0.429. The molecule has 1 aromatic rings. The number of anilines is 1.